The molecule has 0 radical (unpaired) electrons. The van der Waals surface area contributed by atoms with Crippen LogP contribution in [-0.4, -0.2) is 22.2 Å². The van der Waals surface area contributed by atoms with Gasteiger partial charge in [0.1, 0.15) is 11.3 Å². The van der Waals surface area contributed by atoms with Crippen LogP contribution in [0, 0.1) is 13.8 Å². The molecule has 0 aliphatic heterocycles. The third kappa shape index (κ3) is 4.73. The summed E-state index contributed by atoms with van der Waals surface area (Å²) >= 11 is 0. The molecule has 0 saturated carbocycles. The maximum Gasteiger partial charge on any atom is 0.349 e. The van der Waals surface area contributed by atoms with E-state index in [-0.39, 0.29) is 5.56 Å². The number of aryl methyl sites for hydroxylation is 4. The van der Waals surface area contributed by atoms with Crippen molar-refractivity contribution in [2.45, 2.75) is 33.2 Å². The van der Waals surface area contributed by atoms with Crippen LogP contribution in [0.2, 0.25) is 0 Å². The van der Waals surface area contributed by atoms with E-state index in [2.05, 4.69) is 10.4 Å². The van der Waals surface area contributed by atoms with Gasteiger partial charge in [0.25, 0.3) is 5.91 Å². The number of hydrogen-bond donors (Lipinski definition) is 1. The molecule has 2 aromatic heterocycles. The smallest absolute Gasteiger partial charge is 0.349 e. The molecule has 3 rings (SSSR count). The summed E-state index contributed by atoms with van der Waals surface area (Å²) in [6.07, 6.45) is 3.10. The van der Waals surface area contributed by atoms with Crippen LogP contribution in [0.1, 0.15) is 32.9 Å². The highest BCUT2D eigenvalue weighted by Gasteiger charge is 2.16. The Morgan fingerprint density at radius 1 is 1.15 bits per heavy atom. The summed E-state index contributed by atoms with van der Waals surface area (Å²) in [5, 5.41) is 6.93. The lowest BCUT2D eigenvalue weighted by atomic mass is 10.1. The molecular weight excluding hydrogens is 342 g/mol. The van der Waals surface area contributed by atoms with Crippen molar-refractivity contribution in [2.24, 2.45) is 0 Å². The van der Waals surface area contributed by atoms with E-state index in [1.54, 1.807) is 23.9 Å². The third-order valence-electron chi connectivity index (χ3n) is 4.47. The second-order valence-corrected chi connectivity index (χ2v) is 6.50. The predicted octanol–water partition coefficient (Wildman–Crippen LogP) is 2.67. The third-order valence-corrected chi connectivity index (χ3v) is 4.47. The zero-order valence-electron chi connectivity index (χ0n) is 15.6. The van der Waals surface area contributed by atoms with E-state index >= 15 is 0 Å². The highest BCUT2D eigenvalue weighted by atomic mass is 16.4. The molecule has 0 fully saturated rings. The van der Waals surface area contributed by atoms with Crippen LogP contribution in [0.5, 0.6) is 0 Å². The molecule has 1 aromatic carbocycles. The van der Waals surface area contributed by atoms with Gasteiger partial charge in [-0.1, -0.05) is 30.3 Å². The highest BCUT2D eigenvalue weighted by molar-refractivity contribution is 5.95. The maximum absolute atomic E-state index is 12.4. The molecule has 0 atom stereocenters. The normalized spacial score (nSPS) is 10.7. The first-order valence-electron chi connectivity index (χ1n) is 8.99. The van der Waals surface area contributed by atoms with Crippen LogP contribution in [0.15, 0.2) is 57.9 Å². The van der Waals surface area contributed by atoms with Crippen molar-refractivity contribution < 1.29 is 9.21 Å². The molecule has 0 bridgehead atoms. The van der Waals surface area contributed by atoms with Crippen molar-refractivity contribution in [1.29, 1.82) is 0 Å². The number of carbonyl (C=O) groups is 1. The maximum atomic E-state index is 12.4. The molecule has 140 valence electrons. The highest BCUT2D eigenvalue weighted by Crippen LogP contribution is 2.10. The zero-order valence-corrected chi connectivity index (χ0v) is 15.6. The van der Waals surface area contributed by atoms with Gasteiger partial charge in [0.15, 0.2) is 0 Å². The van der Waals surface area contributed by atoms with Crippen LogP contribution in [0.25, 0.3) is 0 Å². The molecule has 1 amide bonds. The molecule has 6 nitrogen and oxygen atoms in total. The van der Waals surface area contributed by atoms with Crippen molar-refractivity contribution in [3.63, 3.8) is 0 Å². The Kier molecular flexibility index (Phi) is 5.86. The van der Waals surface area contributed by atoms with Gasteiger partial charge in [-0.2, -0.15) is 5.10 Å². The summed E-state index contributed by atoms with van der Waals surface area (Å²) in [4.78, 5) is 24.7. The van der Waals surface area contributed by atoms with E-state index in [4.69, 9.17) is 4.42 Å². The standard InChI is InChI=1S/C21H23N3O3/c1-15-14-18(9-8-17-6-4-3-5-7-17)27-21(26)19(15)20(25)22-12-13-24-16(2)10-11-23-24/h3-7,10-11,14H,8-9,12-13H2,1-2H3,(H,22,25). The molecule has 2 heterocycles. The van der Waals surface area contributed by atoms with Crippen LogP contribution in [-0.2, 0) is 19.4 Å². The van der Waals surface area contributed by atoms with Gasteiger partial charge >= 0.3 is 5.63 Å². The topological polar surface area (TPSA) is 77.1 Å². The summed E-state index contributed by atoms with van der Waals surface area (Å²) in [6.45, 7) is 4.64. The Hall–Kier alpha value is -3.15. The van der Waals surface area contributed by atoms with Crippen LogP contribution >= 0.6 is 0 Å². The van der Waals surface area contributed by atoms with Crippen molar-refractivity contribution in [3.8, 4) is 0 Å². The molecule has 0 saturated heterocycles. The number of aromatic nitrogens is 2. The fraction of sp³-hybridized carbons (Fsp3) is 0.286. The molecule has 0 unspecified atom stereocenters. The minimum atomic E-state index is -0.592. The van der Waals surface area contributed by atoms with Gasteiger partial charge in [0.2, 0.25) is 0 Å². The summed E-state index contributed by atoms with van der Waals surface area (Å²) in [6, 6.07) is 13.7. The molecule has 3 aromatic rings. The average molecular weight is 365 g/mol. The largest absolute Gasteiger partial charge is 0.427 e. The van der Waals surface area contributed by atoms with Crippen LogP contribution in [0.3, 0.4) is 0 Å². The molecule has 0 aliphatic rings. The molecular formula is C21H23N3O3. The Morgan fingerprint density at radius 3 is 2.59 bits per heavy atom. The first kappa shape index (κ1) is 18.6. The van der Waals surface area contributed by atoms with E-state index < -0.39 is 11.5 Å². The van der Waals surface area contributed by atoms with E-state index in [1.807, 2.05) is 43.3 Å². The average Bonchev–Trinajstić information content (AvgIpc) is 3.05. The zero-order chi connectivity index (χ0) is 19.2. The first-order valence-corrected chi connectivity index (χ1v) is 8.99. The summed E-state index contributed by atoms with van der Waals surface area (Å²) in [5.74, 6) is 0.172. The second-order valence-electron chi connectivity index (χ2n) is 6.50. The summed E-state index contributed by atoms with van der Waals surface area (Å²) in [5.41, 5.74) is 2.29. The monoisotopic (exact) mass is 365 g/mol. The fourth-order valence-electron chi connectivity index (χ4n) is 2.98. The van der Waals surface area contributed by atoms with E-state index in [9.17, 15) is 9.59 Å². The Morgan fingerprint density at radius 2 is 1.93 bits per heavy atom. The van der Waals surface area contributed by atoms with Crippen LogP contribution < -0.4 is 10.9 Å². The fourth-order valence-corrected chi connectivity index (χ4v) is 2.98. The number of amides is 1. The molecule has 1 N–H and O–H groups in total. The number of benzene rings is 1. The minimum absolute atomic E-state index is 0.0654. The predicted molar refractivity (Wildman–Crippen MR) is 103 cm³/mol. The molecule has 27 heavy (non-hydrogen) atoms. The summed E-state index contributed by atoms with van der Waals surface area (Å²) in [7, 11) is 0. The first-order chi connectivity index (χ1) is 13.0. The molecule has 0 aliphatic carbocycles. The number of hydrogen-bond acceptors (Lipinski definition) is 4. The van der Waals surface area contributed by atoms with E-state index in [0.717, 1.165) is 12.1 Å². The van der Waals surface area contributed by atoms with Crippen LogP contribution in [0.4, 0.5) is 0 Å². The van der Waals surface area contributed by atoms with Gasteiger partial charge < -0.3 is 9.73 Å². The molecule has 6 heteroatoms. The minimum Gasteiger partial charge on any atom is -0.427 e. The van der Waals surface area contributed by atoms with Crippen molar-refractivity contribution in [3.05, 3.63) is 87.2 Å². The Balaban J connectivity index is 1.62. The van der Waals surface area contributed by atoms with Gasteiger partial charge in [0.05, 0.1) is 6.54 Å². The van der Waals surface area contributed by atoms with E-state index in [0.29, 0.717) is 30.8 Å². The van der Waals surface area contributed by atoms with Gasteiger partial charge in [0, 0.05) is 24.9 Å². The lowest BCUT2D eigenvalue weighted by molar-refractivity contribution is 0.0946. The number of nitrogens with one attached hydrogen (secondary N) is 1. The summed E-state index contributed by atoms with van der Waals surface area (Å²) < 4.78 is 7.16. The van der Waals surface area contributed by atoms with Crippen molar-refractivity contribution >= 4 is 5.91 Å². The van der Waals surface area contributed by atoms with Gasteiger partial charge in [-0.15, -0.1) is 0 Å². The van der Waals surface area contributed by atoms with Gasteiger partial charge in [-0.3, -0.25) is 9.48 Å². The number of carbonyl (C=O) groups excluding carboxylic acids is 1. The van der Waals surface area contributed by atoms with Gasteiger partial charge in [-0.25, -0.2) is 4.79 Å². The number of rotatable bonds is 7. The van der Waals surface area contributed by atoms with Crippen molar-refractivity contribution in [1.82, 2.24) is 15.1 Å². The Bertz CT molecular complexity index is 974. The van der Waals surface area contributed by atoms with Gasteiger partial charge in [-0.05, 0) is 43.5 Å². The van der Waals surface area contributed by atoms with E-state index in [1.165, 1.54) is 5.56 Å². The second kappa shape index (κ2) is 8.49. The quantitative estimate of drug-likeness (QED) is 0.698. The Labute approximate surface area is 157 Å². The van der Waals surface area contributed by atoms with Crippen molar-refractivity contribution in [2.75, 3.05) is 6.54 Å². The lowest BCUT2D eigenvalue weighted by Crippen LogP contribution is -2.32. The SMILES string of the molecule is Cc1cc(CCc2ccccc2)oc(=O)c1C(=O)NCCn1nccc1C. The number of nitrogens with zero attached hydrogens (tertiary/aromatic N) is 2. The lowest BCUT2D eigenvalue weighted by Gasteiger charge is -2.09. The molecule has 0 spiro atoms.